The minimum atomic E-state index is -0.311. The summed E-state index contributed by atoms with van der Waals surface area (Å²) in [7, 11) is 1.61. The van der Waals surface area contributed by atoms with Gasteiger partial charge in [-0.05, 0) is 37.2 Å². The first-order valence-corrected chi connectivity index (χ1v) is 5.56. The van der Waals surface area contributed by atoms with Crippen LogP contribution in [0.5, 0.6) is 5.75 Å². The summed E-state index contributed by atoms with van der Waals surface area (Å²) in [6.45, 7) is 0.940. The molecule has 1 aromatic carbocycles. The third kappa shape index (κ3) is 2.34. The number of hydrogen-bond donors (Lipinski definition) is 1. The molecular weight excluding hydrogens is 220 g/mol. The first-order chi connectivity index (χ1) is 8.26. The molecule has 1 fully saturated rings. The molecule has 2 N–H and O–H groups in total. The highest BCUT2D eigenvalue weighted by molar-refractivity contribution is 5.90. The fraction of sp³-hybridized carbons (Fsp3) is 0.417. The van der Waals surface area contributed by atoms with Gasteiger partial charge in [0.25, 0.3) is 0 Å². The van der Waals surface area contributed by atoms with Crippen LogP contribution in [-0.2, 0) is 4.74 Å². The van der Waals surface area contributed by atoms with E-state index in [1.807, 2.05) is 24.3 Å². The lowest BCUT2D eigenvalue weighted by Gasteiger charge is -2.20. The summed E-state index contributed by atoms with van der Waals surface area (Å²) in [6, 6.07) is 7.35. The average molecular weight is 236 g/mol. The fourth-order valence-corrected chi connectivity index (χ4v) is 1.92. The maximum absolute atomic E-state index is 11.6. The molecule has 1 atom stereocenters. The van der Waals surface area contributed by atoms with Crippen molar-refractivity contribution in [3.8, 4) is 5.75 Å². The highest BCUT2D eigenvalue weighted by Crippen LogP contribution is 2.26. The highest BCUT2D eigenvalue weighted by atomic mass is 16.6. The van der Waals surface area contributed by atoms with Crippen molar-refractivity contribution >= 4 is 11.8 Å². The lowest BCUT2D eigenvalue weighted by atomic mass is 10.2. The van der Waals surface area contributed by atoms with Gasteiger partial charge in [0.2, 0.25) is 0 Å². The van der Waals surface area contributed by atoms with E-state index in [4.69, 9.17) is 15.2 Å². The molecule has 0 radical (unpaired) electrons. The number of benzene rings is 1. The van der Waals surface area contributed by atoms with Crippen LogP contribution in [0.25, 0.3) is 0 Å². The molecule has 92 valence electrons. The summed E-state index contributed by atoms with van der Waals surface area (Å²) in [5.41, 5.74) is 6.34. The number of cyclic esters (lactones) is 1. The van der Waals surface area contributed by atoms with Crippen LogP contribution >= 0.6 is 0 Å². The summed E-state index contributed by atoms with van der Waals surface area (Å²) in [6.07, 6.45) is 0.422. The molecule has 1 heterocycles. The van der Waals surface area contributed by atoms with Gasteiger partial charge in [0.1, 0.15) is 12.4 Å². The lowest BCUT2D eigenvalue weighted by molar-refractivity contribution is 0.178. The molecule has 2 rings (SSSR count). The number of carbonyl (C=O) groups is 1. The Morgan fingerprint density at radius 3 is 2.76 bits per heavy atom. The molecule has 5 heteroatoms. The maximum atomic E-state index is 11.6. The zero-order chi connectivity index (χ0) is 12.3. The number of amides is 1. The Hall–Kier alpha value is -1.75. The second-order valence-electron chi connectivity index (χ2n) is 3.88. The number of anilines is 1. The standard InChI is InChI=1S/C12H16N2O3/c1-16-11-4-2-9(3-5-11)14-10(6-7-13)8-17-12(14)15/h2-5,10H,6-8,13H2,1H3. The summed E-state index contributed by atoms with van der Waals surface area (Å²) in [5.74, 6) is 0.761. The molecule has 0 aromatic heterocycles. The summed E-state index contributed by atoms with van der Waals surface area (Å²) >= 11 is 0. The van der Waals surface area contributed by atoms with Crippen LogP contribution < -0.4 is 15.4 Å². The normalized spacial score (nSPS) is 19.3. The number of methoxy groups -OCH3 is 1. The van der Waals surface area contributed by atoms with Gasteiger partial charge in [-0.25, -0.2) is 4.79 Å². The van der Waals surface area contributed by atoms with Crippen molar-refractivity contribution in [2.24, 2.45) is 5.73 Å². The second-order valence-corrected chi connectivity index (χ2v) is 3.88. The van der Waals surface area contributed by atoms with E-state index in [1.165, 1.54) is 0 Å². The second kappa shape index (κ2) is 5.05. The third-order valence-electron chi connectivity index (χ3n) is 2.81. The van der Waals surface area contributed by atoms with Gasteiger partial charge in [-0.3, -0.25) is 4.90 Å². The first kappa shape index (κ1) is 11.7. The zero-order valence-electron chi connectivity index (χ0n) is 9.76. The number of nitrogens with zero attached hydrogens (tertiary/aromatic N) is 1. The molecule has 5 nitrogen and oxygen atoms in total. The summed E-state index contributed by atoms with van der Waals surface area (Å²) < 4.78 is 10.1. The highest BCUT2D eigenvalue weighted by Gasteiger charge is 2.33. The van der Waals surface area contributed by atoms with E-state index in [2.05, 4.69) is 0 Å². The van der Waals surface area contributed by atoms with Gasteiger partial charge in [-0.15, -0.1) is 0 Å². The van der Waals surface area contributed by atoms with Gasteiger partial charge in [-0.2, -0.15) is 0 Å². The van der Waals surface area contributed by atoms with Crippen molar-refractivity contribution < 1.29 is 14.3 Å². The van der Waals surface area contributed by atoms with E-state index in [-0.39, 0.29) is 12.1 Å². The van der Waals surface area contributed by atoms with Crippen LogP contribution in [0, 0.1) is 0 Å². The number of hydrogen-bond acceptors (Lipinski definition) is 4. The maximum Gasteiger partial charge on any atom is 0.414 e. The van der Waals surface area contributed by atoms with Crippen LogP contribution in [0.1, 0.15) is 6.42 Å². The summed E-state index contributed by atoms with van der Waals surface area (Å²) in [5, 5.41) is 0. The Kier molecular flexibility index (Phi) is 3.49. The number of ether oxygens (including phenoxy) is 2. The smallest absolute Gasteiger partial charge is 0.414 e. The van der Waals surface area contributed by atoms with Gasteiger partial charge < -0.3 is 15.2 Å². The van der Waals surface area contributed by atoms with Crippen LogP contribution in [0.2, 0.25) is 0 Å². The predicted octanol–water partition coefficient (Wildman–Crippen LogP) is 1.37. The largest absolute Gasteiger partial charge is 0.497 e. The molecule has 1 aliphatic heterocycles. The molecule has 0 bridgehead atoms. The van der Waals surface area contributed by atoms with Gasteiger partial charge in [-0.1, -0.05) is 0 Å². The predicted molar refractivity (Wildman–Crippen MR) is 64.3 cm³/mol. The van der Waals surface area contributed by atoms with Crippen molar-refractivity contribution in [2.75, 3.05) is 25.2 Å². The number of carbonyl (C=O) groups excluding carboxylic acids is 1. The summed E-state index contributed by atoms with van der Waals surface area (Å²) in [4.78, 5) is 13.3. The molecule has 0 spiro atoms. The van der Waals surface area contributed by atoms with Crippen LogP contribution in [0.4, 0.5) is 10.5 Å². The molecule has 1 aromatic rings. The number of nitrogens with two attached hydrogens (primary N) is 1. The third-order valence-corrected chi connectivity index (χ3v) is 2.81. The lowest BCUT2D eigenvalue weighted by Crippen LogP contribution is -2.34. The van der Waals surface area contributed by atoms with Crippen LogP contribution in [-0.4, -0.2) is 32.4 Å². The Morgan fingerprint density at radius 1 is 1.47 bits per heavy atom. The van der Waals surface area contributed by atoms with E-state index in [0.717, 1.165) is 17.9 Å². The topological polar surface area (TPSA) is 64.8 Å². The first-order valence-electron chi connectivity index (χ1n) is 5.56. The van der Waals surface area contributed by atoms with Gasteiger partial charge in [0, 0.05) is 5.69 Å². The fourth-order valence-electron chi connectivity index (χ4n) is 1.92. The molecule has 1 aliphatic rings. The number of rotatable bonds is 4. The van der Waals surface area contributed by atoms with E-state index in [0.29, 0.717) is 13.2 Å². The molecule has 1 amide bonds. The van der Waals surface area contributed by atoms with Crippen molar-refractivity contribution in [1.29, 1.82) is 0 Å². The monoisotopic (exact) mass is 236 g/mol. The molecule has 0 saturated carbocycles. The minimum absolute atomic E-state index is 0.0286. The Balaban J connectivity index is 2.20. The molecule has 1 saturated heterocycles. The van der Waals surface area contributed by atoms with E-state index in [9.17, 15) is 4.79 Å². The van der Waals surface area contributed by atoms with Crippen molar-refractivity contribution in [3.63, 3.8) is 0 Å². The zero-order valence-corrected chi connectivity index (χ0v) is 9.76. The molecular formula is C12H16N2O3. The minimum Gasteiger partial charge on any atom is -0.497 e. The van der Waals surface area contributed by atoms with E-state index in [1.54, 1.807) is 12.0 Å². The van der Waals surface area contributed by atoms with E-state index < -0.39 is 0 Å². The van der Waals surface area contributed by atoms with Crippen molar-refractivity contribution in [3.05, 3.63) is 24.3 Å². The molecule has 0 aliphatic carbocycles. The van der Waals surface area contributed by atoms with Gasteiger partial charge >= 0.3 is 6.09 Å². The SMILES string of the molecule is COc1ccc(N2C(=O)OCC2CCN)cc1. The van der Waals surface area contributed by atoms with Gasteiger partial charge in [0.05, 0.1) is 13.2 Å². The van der Waals surface area contributed by atoms with Crippen LogP contribution in [0.3, 0.4) is 0 Å². The van der Waals surface area contributed by atoms with E-state index >= 15 is 0 Å². The Bertz CT molecular complexity index is 391. The van der Waals surface area contributed by atoms with Crippen LogP contribution in [0.15, 0.2) is 24.3 Å². The van der Waals surface area contributed by atoms with Gasteiger partial charge in [0.15, 0.2) is 0 Å². The Morgan fingerprint density at radius 2 is 2.18 bits per heavy atom. The molecule has 1 unspecified atom stereocenters. The average Bonchev–Trinajstić information content (AvgIpc) is 2.71. The Labute approximate surface area is 100 Å². The quantitative estimate of drug-likeness (QED) is 0.857. The van der Waals surface area contributed by atoms with Crippen molar-refractivity contribution in [1.82, 2.24) is 0 Å². The molecule has 17 heavy (non-hydrogen) atoms. The van der Waals surface area contributed by atoms with Crippen molar-refractivity contribution in [2.45, 2.75) is 12.5 Å².